The fourth-order valence-electron chi connectivity index (χ4n) is 4.21. The van der Waals surface area contributed by atoms with Gasteiger partial charge in [-0.2, -0.15) is 0 Å². The minimum Gasteiger partial charge on any atom is -0.444 e. The van der Waals surface area contributed by atoms with Gasteiger partial charge in [-0.25, -0.2) is 0 Å². The van der Waals surface area contributed by atoms with Crippen molar-refractivity contribution in [3.63, 3.8) is 0 Å². The number of benzene rings is 1. The summed E-state index contributed by atoms with van der Waals surface area (Å²) >= 11 is 0. The summed E-state index contributed by atoms with van der Waals surface area (Å²) < 4.78 is 5.81. The molecule has 1 aromatic carbocycles. The van der Waals surface area contributed by atoms with Gasteiger partial charge in [-0.1, -0.05) is 36.8 Å². The van der Waals surface area contributed by atoms with Crippen LogP contribution >= 0.6 is 0 Å². The summed E-state index contributed by atoms with van der Waals surface area (Å²) in [7, 11) is 0. The maximum atomic E-state index is 11.7. The largest absolute Gasteiger partial charge is 0.444 e. The number of carbonyl (C=O) groups excluding carboxylic acids is 2. The Balaban J connectivity index is 1.84. The van der Waals surface area contributed by atoms with Crippen LogP contribution in [-0.4, -0.2) is 36.0 Å². The van der Waals surface area contributed by atoms with E-state index in [1.165, 1.54) is 18.9 Å². The standard InChI is InChI=1S/C19H25NO3/c1-15(22)23-19(10-6-3-7-11-19)20-12-17(14-21)18(13-20)16-8-4-2-5-9-16/h2,4-5,8-9,14,17-18H,3,6-7,10-13H2,1H3. The lowest BCUT2D eigenvalue weighted by Crippen LogP contribution is -2.52. The Hall–Kier alpha value is -1.68. The second kappa shape index (κ2) is 6.83. The molecule has 4 heteroatoms. The van der Waals surface area contributed by atoms with E-state index < -0.39 is 5.72 Å². The molecule has 0 amide bonds. The second-order valence-corrected chi connectivity index (χ2v) is 6.82. The first-order valence-electron chi connectivity index (χ1n) is 8.59. The summed E-state index contributed by atoms with van der Waals surface area (Å²) in [6, 6.07) is 10.2. The minimum absolute atomic E-state index is 0.0354. The highest BCUT2D eigenvalue weighted by atomic mass is 16.6. The first-order chi connectivity index (χ1) is 11.1. The first-order valence-corrected chi connectivity index (χ1v) is 8.59. The van der Waals surface area contributed by atoms with Crippen molar-refractivity contribution in [2.45, 2.75) is 50.7 Å². The van der Waals surface area contributed by atoms with Crippen molar-refractivity contribution in [2.75, 3.05) is 13.1 Å². The highest BCUT2D eigenvalue weighted by Crippen LogP contribution is 2.42. The molecule has 0 bridgehead atoms. The van der Waals surface area contributed by atoms with Crippen molar-refractivity contribution in [3.8, 4) is 0 Å². The molecule has 1 saturated carbocycles. The zero-order valence-electron chi connectivity index (χ0n) is 13.7. The van der Waals surface area contributed by atoms with Gasteiger partial charge in [0.05, 0.1) is 0 Å². The maximum absolute atomic E-state index is 11.7. The number of esters is 1. The zero-order valence-corrected chi connectivity index (χ0v) is 13.7. The van der Waals surface area contributed by atoms with Crippen LogP contribution in [0.2, 0.25) is 0 Å². The molecule has 124 valence electrons. The van der Waals surface area contributed by atoms with Crippen LogP contribution in [-0.2, 0) is 14.3 Å². The van der Waals surface area contributed by atoms with E-state index in [0.29, 0.717) is 6.54 Å². The predicted molar refractivity (Wildman–Crippen MR) is 87.9 cm³/mol. The Morgan fingerprint density at radius 2 is 1.87 bits per heavy atom. The van der Waals surface area contributed by atoms with Gasteiger partial charge in [0.15, 0.2) is 5.72 Å². The summed E-state index contributed by atoms with van der Waals surface area (Å²) in [5.41, 5.74) is 0.690. The number of hydrogen-bond donors (Lipinski definition) is 0. The number of hydrogen-bond acceptors (Lipinski definition) is 4. The van der Waals surface area contributed by atoms with Gasteiger partial charge in [0, 0.05) is 44.7 Å². The average molecular weight is 315 g/mol. The molecule has 1 heterocycles. The lowest BCUT2D eigenvalue weighted by Gasteiger charge is -2.43. The van der Waals surface area contributed by atoms with Crippen LogP contribution in [0.15, 0.2) is 30.3 Å². The Morgan fingerprint density at radius 1 is 1.17 bits per heavy atom. The maximum Gasteiger partial charge on any atom is 0.304 e. The molecule has 2 aliphatic rings. The number of aldehydes is 1. The van der Waals surface area contributed by atoms with Gasteiger partial charge in [-0.3, -0.25) is 9.69 Å². The molecule has 0 spiro atoms. The summed E-state index contributed by atoms with van der Waals surface area (Å²) in [6.45, 7) is 2.94. The Bertz CT molecular complexity index is 551. The number of ether oxygens (including phenoxy) is 1. The molecule has 3 rings (SSSR count). The van der Waals surface area contributed by atoms with E-state index in [1.807, 2.05) is 18.2 Å². The third-order valence-corrected chi connectivity index (χ3v) is 5.31. The lowest BCUT2D eigenvalue weighted by molar-refractivity contribution is -0.189. The van der Waals surface area contributed by atoms with E-state index in [4.69, 9.17) is 4.74 Å². The monoisotopic (exact) mass is 315 g/mol. The van der Waals surface area contributed by atoms with Crippen molar-refractivity contribution in [2.24, 2.45) is 5.92 Å². The smallest absolute Gasteiger partial charge is 0.304 e. The van der Waals surface area contributed by atoms with Gasteiger partial charge in [-0.15, -0.1) is 0 Å². The molecule has 1 aliphatic carbocycles. The van der Waals surface area contributed by atoms with Gasteiger partial charge in [0.2, 0.25) is 0 Å². The van der Waals surface area contributed by atoms with Gasteiger partial charge >= 0.3 is 5.97 Å². The van der Waals surface area contributed by atoms with Gasteiger partial charge in [-0.05, 0) is 18.4 Å². The molecule has 1 aromatic rings. The second-order valence-electron chi connectivity index (χ2n) is 6.82. The molecule has 0 aromatic heterocycles. The van der Waals surface area contributed by atoms with E-state index in [-0.39, 0.29) is 17.8 Å². The van der Waals surface area contributed by atoms with E-state index in [1.54, 1.807) is 0 Å². The highest BCUT2D eigenvalue weighted by Gasteiger charge is 2.47. The summed E-state index contributed by atoms with van der Waals surface area (Å²) in [6.07, 6.45) is 6.16. The van der Waals surface area contributed by atoms with E-state index >= 15 is 0 Å². The van der Waals surface area contributed by atoms with Gasteiger partial charge < -0.3 is 9.53 Å². The number of likely N-dealkylation sites (tertiary alicyclic amines) is 1. The van der Waals surface area contributed by atoms with Crippen molar-refractivity contribution in [1.29, 1.82) is 0 Å². The number of nitrogens with zero attached hydrogens (tertiary/aromatic N) is 1. The van der Waals surface area contributed by atoms with Crippen LogP contribution in [0.25, 0.3) is 0 Å². The molecule has 0 N–H and O–H groups in total. The first kappa shape index (κ1) is 16.2. The average Bonchev–Trinajstić information content (AvgIpc) is 3.01. The summed E-state index contributed by atoms with van der Waals surface area (Å²) in [5.74, 6) is -0.0764. The molecule has 1 aliphatic heterocycles. The van der Waals surface area contributed by atoms with E-state index in [9.17, 15) is 9.59 Å². The van der Waals surface area contributed by atoms with Crippen molar-refractivity contribution < 1.29 is 14.3 Å². The summed E-state index contributed by atoms with van der Waals surface area (Å²) in [5, 5.41) is 0. The topological polar surface area (TPSA) is 46.6 Å². The van der Waals surface area contributed by atoms with Crippen LogP contribution in [0.3, 0.4) is 0 Å². The van der Waals surface area contributed by atoms with E-state index in [2.05, 4.69) is 17.0 Å². The molecule has 0 radical (unpaired) electrons. The van der Waals surface area contributed by atoms with Crippen molar-refractivity contribution in [1.82, 2.24) is 4.90 Å². The Morgan fingerprint density at radius 3 is 2.48 bits per heavy atom. The molecular weight excluding hydrogens is 290 g/mol. The van der Waals surface area contributed by atoms with Gasteiger partial charge in [0.25, 0.3) is 0 Å². The van der Waals surface area contributed by atoms with Crippen LogP contribution in [0.5, 0.6) is 0 Å². The van der Waals surface area contributed by atoms with E-state index in [0.717, 1.165) is 38.5 Å². The van der Waals surface area contributed by atoms with Gasteiger partial charge in [0.1, 0.15) is 6.29 Å². The van der Waals surface area contributed by atoms with Crippen LogP contribution in [0.4, 0.5) is 0 Å². The number of carbonyl (C=O) groups is 2. The minimum atomic E-state index is -0.505. The van der Waals surface area contributed by atoms with Crippen LogP contribution in [0, 0.1) is 5.92 Å². The Kier molecular flexibility index (Phi) is 4.81. The number of rotatable bonds is 4. The molecule has 2 atom stereocenters. The van der Waals surface area contributed by atoms with Crippen LogP contribution < -0.4 is 0 Å². The predicted octanol–water partition coefficient (Wildman–Crippen LogP) is 3.12. The van der Waals surface area contributed by atoms with Crippen molar-refractivity contribution in [3.05, 3.63) is 35.9 Å². The fraction of sp³-hybridized carbons (Fsp3) is 0.579. The molecule has 2 fully saturated rings. The third-order valence-electron chi connectivity index (χ3n) is 5.31. The normalized spacial score (nSPS) is 27.5. The molecule has 1 saturated heterocycles. The quantitative estimate of drug-likeness (QED) is 0.632. The highest BCUT2D eigenvalue weighted by molar-refractivity contribution is 5.66. The molecule has 23 heavy (non-hydrogen) atoms. The Labute approximate surface area is 137 Å². The molecule has 2 unspecified atom stereocenters. The zero-order chi connectivity index (χ0) is 16.3. The fourth-order valence-corrected chi connectivity index (χ4v) is 4.21. The lowest BCUT2D eigenvalue weighted by atomic mass is 9.89. The summed E-state index contributed by atoms with van der Waals surface area (Å²) in [4.78, 5) is 25.5. The molecular formula is C19H25NO3. The third kappa shape index (κ3) is 3.32. The van der Waals surface area contributed by atoms with Crippen LogP contribution in [0.1, 0.15) is 50.5 Å². The molecule has 4 nitrogen and oxygen atoms in total. The SMILES string of the molecule is CC(=O)OC1(N2CC(C=O)C(c3ccccc3)C2)CCCCC1. The van der Waals surface area contributed by atoms with Crippen molar-refractivity contribution >= 4 is 12.3 Å².